The first-order chi connectivity index (χ1) is 13.1. The van der Waals surface area contributed by atoms with Gasteiger partial charge in [-0.1, -0.05) is 0 Å². The van der Waals surface area contributed by atoms with Gasteiger partial charge in [0.2, 0.25) is 0 Å². The first-order valence-corrected chi connectivity index (χ1v) is 8.24. The molecular formula is C19H19F3O6. The number of carboxylic acid groups (broad SMARTS) is 1. The molecule has 1 aromatic rings. The number of hydrogen-bond acceptors (Lipinski definition) is 5. The van der Waals surface area contributed by atoms with E-state index in [9.17, 15) is 27.6 Å². The number of halogens is 3. The van der Waals surface area contributed by atoms with Gasteiger partial charge in [-0.3, -0.25) is 4.79 Å². The second-order valence-corrected chi connectivity index (χ2v) is 5.37. The van der Waals surface area contributed by atoms with E-state index >= 15 is 0 Å². The quantitative estimate of drug-likeness (QED) is 0.531. The van der Waals surface area contributed by atoms with Crippen LogP contribution in [-0.4, -0.2) is 36.2 Å². The number of carboxylic acids is 1. The van der Waals surface area contributed by atoms with Gasteiger partial charge in [-0.25, -0.2) is 9.59 Å². The highest BCUT2D eigenvalue weighted by molar-refractivity contribution is 5.90. The van der Waals surface area contributed by atoms with Gasteiger partial charge in [0.1, 0.15) is 0 Å². The standard InChI is InChI=1S/C19H19F3O6/c1-3-27-17(25)7-5-12-9-14(19(20,21)22)10-13(15(12)11-16(23)24)6-8-18(26)28-4-2/h5-10H,3-4,11H2,1-2H3,(H,23,24)/b7-5-,8-6+. The average Bonchev–Trinajstić information content (AvgIpc) is 2.58. The second-order valence-electron chi connectivity index (χ2n) is 5.37. The zero-order valence-electron chi connectivity index (χ0n) is 15.2. The zero-order valence-corrected chi connectivity index (χ0v) is 15.2. The van der Waals surface area contributed by atoms with Crippen LogP contribution >= 0.6 is 0 Å². The van der Waals surface area contributed by atoms with Crippen LogP contribution < -0.4 is 0 Å². The summed E-state index contributed by atoms with van der Waals surface area (Å²) in [7, 11) is 0. The Morgan fingerprint density at radius 3 is 1.71 bits per heavy atom. The molecule has 1 rings (SSSR count). The molecule has 0 radical (unpaired) electrons. The van der Waals surface area contributed by atoms with Crippen molar-refractivity contribution in [3.8, 4) is 0 Å². The minimum Gasteiger partial charge on any atom is -0.481 e. The third-order valence-electron chi connectivity index (χ3n) is 3.35. The summed E-state index contributed by atoms with van der Waals surface area (Å²) in [5.41, 5.74) is -1.32. The Kier molecular flexibility index (Phi) is 8.43. The molecule has 1 N–H and O–H groups in total. The minimum absolute atomic E-state index is 0.00148. The number of aliphatic carboxylic acids is 1. The second kappa shape index (κ2) is 10.3. The van der Waals surface area contributed by atoms with Crippen molar-refractivity contribution in [1.82, 2.24) is 0 Å². The smallest absolute Gasteiger partial charge is 0.416 e. The SMILES string of the molecule is CCOC(=O)/C=C\c1cc(C(F)(F)F)cc(/C=C/C(=O)OCC)c1CC(=O)O. The minimum atomic E-state index is -4.72. The van der Waals surface area contributed by atoms with Gasteiger partial charge in [-0.2, -0.15) is 13.2 Å². The van der Waals surface area contributed by atoms with Crippen molar-refractivity contribution in [2.45, 2.75) is 26.4 Å². The lowest BCUT2D eigenvalue weighted by atomic mass is 9.94. The Labute approximate surface area is 159 Å². The normalized spacial score (nSPS) is 11.8. The van der Waals surface area contributed by atoms with Crippen molar-refractivity contribution in [2.75, 3.05) is 13.2 Å². The van der Waals surface area contributed by atoms with Crippen molar-refractivity contribution in [1.29, 1.82) is 0 Å². The van der Waals surface area contributed by atoms with Gasteiger partial charge in [0.05, 0.1) is 25.2 Å². The van der Waals surface area contributed by atoms with Gasteiger partial charge in [0.15, 0.2) is 0 Å². The Morgan fingerprint density at radius 1 is 0.964 bits per heavy atom. The fourth-order valence-electron chi connectivity index (χ4n) is 2.23. The monoisotopic (exact) mass is 400 g/mol. The molecule has 1 aromatic carbocycles. The van der Waals surface area contributed by atoms with E-state index in [4.69, 9.17) is 5.11 Å². The fraction of sp³-hybridized carbons (Fsp3) is 0.316. The number of hydrogen-bond donors (Lipinski definition) is 1. The van der Waals surface area contributed by atoms with Crippen LogP contribution in [-0.2, 0) is 36.5 Å². The molecule has 0 heterocycles. The number of carbonyl (C=O) groups excluding carboxylic acids is 2. The topological polar surface area (TPSA) is 89.9 Å². The Morgan fingerprint density at radius 2 is 1.39 bits per heavy atom. The number of rotatable bonds is 8. The van der Waals surface area contributed by atoms with E-state index in [1.54, 1.807) is 13.8 Å². The maximum absolute atomic E-state index is 13.2. The molecule has 0 aliphatic carbocycles. The van der Waals surface area contributed by atoms with Crippen LogP contribution in [0.5, 0.6) is 0 Å². The van der Waals surface area contributed by atoms with Gasteiger partial charge in [0, 0.05) is 12.2 Å². The van der Waals surface area contributed by atoms with E-state index in [1.807, 2.05) is 0 Å². The molecule has 152 valence electrons. The van der Waals surface area contributed by atoms with E-state index in [0.717, 1.165) is 36.4 Å². The summed E-state index contributed by atoms with van der Waals surface area (Å²) in [4.78, 5) is 34.1. The third kappa shape index (κ3) is 7.26. The lowest BCUT2D eigenvalue weighted by molar-refractivity contribution is -0.138. The predicted octanol–water partition coefficient (Wildman–Crippen LogP) is 3.49. The maximum Gasteiger partial charge on any atom is 0.416 e. The van der Waals surface area contributed by atoms with Crippen LogP contribution in [0.25, 0.3) is 12.2 Å². The highest BCUT2D eigenvalue weighted by Crippen LogP contribution is 2.33. The Hall–Kier alpha value is -3.10. The highest BCUT2D eigenvalue weighted by Gasteiger charge is 2.32. The van der Waals surface area contributed by atoms with Gasteiger partial charge >= 0.3 is 24.1 Å². The third-order valence-corrected chi connectivity index (χ3v) is 3.35. The van der Waals surface area contributed by atoms with E-state index in [0.29, 0.717) is 0 Å². The number of carbonyl (C=O) groups is 3. The molecule has 0 aliphatic rings. The molecule has 0 aromatic heterocycles. The molecule has 0 fully saturated rings. The molecule has 0 unspecified atom stereocenters. The molecule has 0 amide bonds. The maximum atomic E-state index is 13.2. The fourth-order valence-corrected chi connectivity index (χ4v) is 2.23. The summed E-state index contributed by atoms with van der Waals surface area (Å²) >= 11 is 0. The predicted molar refractivity (Wildman–Crippen MR) is 94.1 cm³/mol. The van der Waals surface area contributed by atoms with E-state index in [-0.39, 0.29) is 29.9 Å². The molecule has 6 nitrogen and oxygen atoms in total. The summed E-state index contributed by atoms with van der Waals surface area (Å²) in [5.74, 6) is -2.87. The number of ether oxygens (including phenoxy) is 2. The molecule has 0 atom stereocenters. The van der Waals surface area contributed by atoms with Gasteiger partial charge < -0.3 is 14.6 Å². The molecule has 0 bridgehead atoms. The van der Waals surface area contributed by atoms with Crippen LogP contribution in [0.3, 0.4) is 0 Å². The summed E-state index contributed by atoms with van der Waals surface area (Å²) in [6, 6.07) is 1.46. The van der Waals surface area contributed by atoms with Crippen molar-refractivity contribution >= 4 is 30.1 Å². The van der Waals surface area contributed by atoms with E-state index < -0.39 is 36.1 Å². The highest BCUT2D eigenvalue weighted by atomic mass is 19.4. The summed E-state index contributed by atoms with van der Waals surface area (Å²) in [6.45, 7) is 3.26. The number of alkyl halides is 3. The number of benzene rings is 1. The van der Waals surface area contributed by atoms with Crippen LogP contribution in [0, 0.1) is 0 Å². The van der Waals surface area contributed by atoms with Gasteiger partial charge in [-0.15, -0.1) is 0 Å². The van der Waals surface area contributed by atoms with Crippen LogP contribution in [0.4, 0.5) is 13.2 Å². The van der Waals surface area contributed by atoms with Gasteiger partial charge in [0.25, 0.3) is 0 Å². The van der Waals surface area contributed by atoms with E-state index in [2.05, 4.69) is 9.47 Å². The molecule has 0 aliphatic heterocycles. The van der Waals surface area contributed by atoms with Crippen molar-refractivity contribution in [3.63, 3.8) is 0 Å². The Balaban J connectivity index is 3.55. The van der Waals surface area contributed by atoms with Gasteiger partial charge in [-0.05, 0) is 54.8 Å². The first-order valence-electron chi connectivity index (χ1n) is 8.24. The van der Waals surface area contributed by atoms with Crippen LogP contribution in [0.15, 0.2) is 24.3 Å². The molecule has 0 spiro atoms. The summed E-state index contributed by atoms with van der Waals surface area (Å²) < 4.78 is 49.1. The number of esters is 2. The molecular weight excluding hydrogens is 381 g/mol. The Bertz CT molecular complexity index is 744. The molecule has 9 heteroatoms. The molecule has 0 saturated carbocycles. The lowest BCUT2D eigenvalue weighted by Gasteiger charge is -2.14. The lowest BCUT2D eigenvalue weighted by Crippen LogP contribution is -2.10. The zero-order chi connectivity index (χ0) is 21.3. The van der Waals surface area contributed by atoms with Crippen LogP contribution in [0.1, 0.15) is 36.1 Å². The first kappa shape index (κ1) is 22.9. The summed E-state index contributed by atoms with van der Waals surface area (Å²) in [6.07, 6.45) is -1.43. The van der Waals surface area contributed by atoms with Crippen LogP contribution in [0.2, 0.25) is 0 Å². The van der Waals surface area contributed by atoms with Crippen molar-refractivity contribution in [3.05, 3.63) is 46.5 Å². The van der Waals surface area contributed by atoms with Crippen molar-refractivity contribution in [2.24, 2.45) is 0 Å². The largest absolute Gasteiger partial charge is 0.481 e. The molecule has 0 saturated heterocycles. The summed E-state index contributed by atoms with van der Waals surface area (Å²) in [5, 5.41) is 9.11. The van der Waals surface area contributed by atoms with E-state index in [1.165, 1.54) is 0 Å². The van der Waals surface area contributed by atoms with Crippen molar-refractivity contribution < 1.29 is 42.1 Å². The molecule has 28 heavy (non-hydrogen) atoms. The average molecular weight is 400 g/mol.